The fourth-order valence-electron chi connectivity index (χ4n) is 3.51. The van der Waals surface area contributed by atoms with Crippen LogP contribution in [0.3, 0.4) is 0 Å². The van der Waals surface area contributed by atoms with Gasteiger partial charge in [-0.15, -0.1) is 0 Å². The molecular formula is C19H19N3. The molecule has 0 aliphatic rings. The van der Waals surface area contributed by atoms with Crippen molar-refractivity contribution in [3.63, 3.8) is 0 Å². The lowest BCUT2D eigenvalue weighted by Gasteiger charge is -2.13. The van der Waals surface area contributed by atoms with Crippen LogP contribution in [0.2, 0.25) is 0 Å². The number of rotatable bonds is 1. The van der Waals surface area contributed by atoms with Crippen LogP contribution in [0, 0.1) is 20.8 Å². The standard InChI is InChI=1S/C19H19N3/c1-12-8-7-9-13(2)17(12)22-14(3)20-19-18(22)15-10-5-6-11-16(15)21(19)4/h5-11H,1-4H3. The lowest BCUT2D eigenvalue weighted by molar-refractivity contribution is 0.959. The van der Waals surface area contributed by atoms with Crippen molar-refractivity contribution in [3.8, 4) is 5.69 Å². The fourth-order valence-corrected chi connectivity index (χ4v) is 3.51. The largest absolute Gasteiger partial charge is 0.327 e. The second kappa shape index (κ2) is 4.47. The zero-order valence-corrected chi connectivity index (χ0v) is 13.4. The Balaban J connectivity index is 2.24. The second-order valence-corrected chi connectivity index (χ2v) is 5.98. The van der Waals surface area contributed by atoms with Gasteiger partial charge in [0.25, 0.3) is 0 Å². The zero-order valence-electron chi connectivity index (χ0n) is 13.4. The van der Waals surface area contributed by atoms with Gasteiger partial charge in [-0.2, -0.15) is 0 Å². The molecule has 2 aromatic carbocycles. The zero-order chi connectivity index (χ0) is 15.4. The predicted octanol–water partition coefficient (Wildman–Crippen LogP) is 4.44. The summed E-state index contributed by atoms with van der Waals surface area (Å²) < 4.78 is 4.49. The first-order valence-electron chi connectivity index (χ1n) is 7.58. The van der Waals surface area contributed by atoms with Gasteiger partial charge in [0, 0.05) is 12.4 Å². The molecule has 22 heavy (non-hydrogen) atoms. The normalized spacial score (nSPS) is 11.6. The number of benzene rings is 2. The second-order valence-electron chi connectivity index (χ2n) is 5.98. The van der Waals surface area contributed by atoms with Gasteiger partial charge in [0.2, 0.25) is 0 Å². The molecule has 3 heteroatoms. The number of fused-ring (bicyclic) bond motifs is 3. The van der Waals surface area contributed by atoms with Gasteiger partial charge in [-0.25, -0.2) is 4.98 Å². The maximum atomic E-state index is 4.83. The summed E-state index contributed by atoms with van der Waals surface area (Å²) in [4.78, 5) is 4.83. The number of aromatic nitrogens is 3. The third kappa shape index (κ3) is 1.59. The van der Waals surface area contributed by atoms with Crippen molar-refractivity contribution in [3.05, 3.63) is 59.4 Å². The molecule has 0 atom stereocenters. The Morgan fingerprint density at radius 2 is 1.55 bits per heavy atom. The van der Waals surface area contributed by atoms with Crippen molar-refractivity contribution in [2.75, 3.05) is 0 Å². The third-order valence-corrected chi connectivity index (χ3v) is 4.53. The van der Waals surface area contributed by atoms with E-state index in [1.807, 2.05) is 0 Å². The molecule has 4 rings (SSSR count). The first-order valence-corrected chi connectivity index (χ1v) is 7.58. The summed E-state index contributed by atoms with van der Waals surface area (Å²) in [6, 6.07) is 15.0. The molecule has 0 amide bonds. The van der Waals surface area contributed by atoms with Crippen molar-refractivity contribution < 1.29 is 0 Å². The lowest BCUT2D eigenvalue weighted by Crippen LogP contribution is -2.02. The number of hydrogen-bond donors (Lipinski definition) is 0. The van der Waals surface area contributed by atoms with Crippen LogP contribution in [0.25, 0.3) is 27.8 Å². The maximum absolute atomic E-state index is 4.83. The topological polar surface area (TPSA) is 22.8 Å². The van der Waals surface area contributed by atoms with Crippen LogP contribution >= 0.6 is 0 Å². The summed E-state index contributed by atoms with van der Waals surface area (Å²) in [7, 11) is 2.09. The van der Waals surface area contributed by atoms with Gasteiger partial charge in [-0.1, -0.05) is 36.4 Å². The quantitative estimate of drug-likeness (QED) is 0.508. The van der Waals surface area contributed by atoms with E-state index in [1.54, 1.807) is 0 Å². The van der Waals surface area contributed by atoms with E-state index in [2.05, 4.69) is 79.4 Å². The van der Waals surface area contributed by atoms with Crippen LogP contribution in [0.15, 0.2) is 42.5 Å². The van der Waals surface area contributed by atoms with Crippen molar-refractivity contribution in [2.24, 2.45) is 7.05 Å². The Kier molecular flexibility index (Phi) is 2.67. The molecule has 0 saturated carbocycles. The smallest absolute Gasteiger partial charge is 0.159 e. The minimum absolute atomic E-state index is 1.03. The van der Waals surface area contributed by atoms with Gasteiger partial charge < -0.3 is 4.57 Å². The van der Waals surface area contributed by atoms with Crippen LogP contribution < -0.4 is 0 Å². The third-order valence-electron chi connectivity index (χ3n) is 4.53. The van der Waals surface area contributed by atoms with Crippen LogP contribution in [0.4, 0.5) is 0 Å². The Bertz CT molecular complexity index is 998. The Hall–Kier alpha value is -2.55. The molecule has 2 heterocycles. The van der Waals surface area contributed by atoms with Gasteiger partial charge in [0.05, 0.1) is 16.7 Å². The van der Waals surface area contributed by atoms with E-state index >= 15 is 0 Å². The summed E-state index contributed by atoms with van der Waals surface area (Å²) >= 11 is 0. The highest BCUT2D eigenvalue weighted by atomic mass is 15.2. The summed E-state index contributed by atoms with van der Waals surface area (Å²) in [5, 5.41) is 1.25. The Morgan fingerprint density at radius 1 is 0.864 bits per heavy atom. The van der Waals surface area contributed by atoms with Gasteiger partial charge in [0.1, 0.15) is 5.82 Å². The van der Waals surface area contributed by atoms with E-state index in [-0.39, 0.29) is 0 Å². The molecule has 0 fully saturated rings. The van der Waals surface area contributed by atoms with E-state index in [9.17, 15) is 0 Å². The molecule has 4 aromatic rings. The van der Waals surface area contributed by atoms with Crippen LogP contribution in [-0.2, 0) is 7.05 Å². The number of hydrogen-bond acceptors (Lipinski definition) is 1. The molecule has 2 aromatic heterocycles. The van der Waals surface area contributed by atoms with Crippen molar-refractivity contribution in [1.29, 1.82) is 0 Å². The monoisotopic (exact) mass is 289 g/mol. The summed E-state index contributed by atoms with van der Waals surface area (Å²) in [6.07, 6.45) is 0. The molecule has 0 spiro atoms. The van der Waals surface area contributed by atoms with Crippen molar-refractivity contribution >= 4 is 22.1 Å². The first kappa shape index (κ1) is 13.1. The number of aryl methyl sites for hydroxylation is 4. The maximum Gasteiger partial charge on any atom is 0.159 e. The summed E-state index contributed by atoms with van der Waals surface area (Å²) in [5.41, 5.74) is 7.26. The molecule has 0 bridgehead atoms. The molecule has 0 aliphatic carbocycles. The van der Waals surface area contributed by atoms with E-state index in [0.29, 0.717) is 0 Å². The molecule has 0 unspecified atom stereocenters. The van der Waals surface area contributed by atoms with E-state index in [0.717, 1.165) is 11.5 Å². The SMILES string of the molecule is Cc1cccc(C)c1-n1c(C)nc2c1c1ccccc1n2C. The molecule has 0 radical (unpaired) electrons. The summed E-state index contributed by atoms with van der Waals surface area (Å²) in [6.45, 7) is 6.41. The lowest BCUT2D eigenvalue weighted by atomic mass is 10.1. The Morgan fingerprint density at radius 3 is 2.27 bits per heavy atom. The molecule has 3 nitrogen and oxygen atoms in total. The highest BCUT2D eigenvalue weighted by Gasteiger charge is 2.19. The molecular weight excluding hydrogens is 270 g/mol. The highest BCUT2D eigenvalue weighted by molar-refractivity contribution is 6.05. The predicted molar refractivity (Wildman–Crippen MR) is 91.8 cm³/mol. The first-order chi connectivity index (χ1) is 10.6. The van der Waals surface area contributed by atoms with E-state index in [4.69, 9.17) is 4.98 Å². The molecule has 110 valence electrons. The number of para-hydroxylation sites is 2. The number of imidazole rings is 1. The summed E-state index contributed by atoms with van der Waals surface area (Å²) in [5.74, 6) is 1.03. The van der Waals surface area contributed by atoms with Gasteiger partial charge in [0.15, 0.2) is 5.65 Å². The van der Waals surface area contributed by atoms with Gasteiger partial charge in [-0.05, 0) is 38.0 Å². The van der Waals surface area contributed by atoms with Crippen molar-refractivity contribution in [1.82, 2.24) is 14.1 Å². The number of nitrogens with zero attached hydrogens (tertiary/aromatic N) is 3. The highest BCUT2D eigenvalue weighted by Crippen LogP contribution is 2.32. The van der Waals surface area contributed by atoms with E-state index < -0.39 is 0 Å². The average Bonchev–Trinajstić information content (AvgIpc) is 2.96. The molecule has 0 aliphatic heterocycles. The van der Waals surface area contributed by atoms with E-state index in [1.165, 1.54) is 33.2 Å². The fraction of sp³-hybridized carbons (Fsp3) is 0.211. The van der Waals surface area contributed by atoms with Gasteiger partial charge >= 0.3 is 0 Å². The van der Waals surface area contributed by atoms with Crippen LogP contribution in [-0.4, -0.2) is 14.1 Å². The molecule has 0 saturated heterocycles. The minimum atomic E-state index is 1.03. The van der Waals surface area contributed by atoms with Crippen LogP contribution in [0.1, 0.15) is 17.0 Å². The van der Waals surface area contributed by atoms with Gasteiger partial charge in [-0.3, -0.25) is 4.57 Å². The average molecular weight is 289 g/mol. The minimum Gasteiger partial charge on any atom is -0.327 e. The Labute approximate surface area is 129 Å². The van der Waals surface area contributed by atoms with Crippen LogP contribution in [0.5, 0.6) is 0 Å². The molecule has 0 N–H and O–H groups in total. The van der Waals surface area contributed by atoms with Crippen molar-refractivity contribution in [2.45, 2.75) is 20.8 Å².